The van der Waals surface area contributed by atoms with Crippen LogP contribution in [0.2, 0.25) is 0 Å². The van der Waals surface area contributed by atoms with Crippen LogP contribution in [-0.2, 0) is 16.1 Å². The lowest BCUT2D eigenvalue weighted by molar-refractivity contribution is -0.138. The predicted octanol–water partition coefficient (Wildman–Crippen LogP) is 2.46. The highest BCUT2D eigenvalue weighted by Crippen LogP contribution is 2.23. The number of aromatic nitrogens is 1. The number of H-pyrrole nitrogens is 1. The third kappa shape index (κ3) is 3.82. The lowest BCUT2D eigenvalue weighted by Gasteiger charge is -2.19. The van der Waals surface area contributed by atoms with E-state index in [0.29, 0.717) is 19.7 Å². The summed E-state index contributed by atoms with van der Waals surface area (Å²) in [6.07, 6.45) is 1.93. The Labute approximate surface area is 125 Å². The fourth-order valence-electron chi connectivity index (χ4n) is 2.15. The highest BCUT2D eigenvalue weighted by atomic mass is 79.9. The van der Waals surface area contributed by atoms with Gasteiger partial charge in [-0.05, 0) is 23.8 Å². The number of benzene rings is 1. The molecule has 2 N–H and O–H groups in total. The van der Waals surface area contributed by atoms with Gasteiger partial charge in [0.15, 0.2) is 0 Å². The van der Waals surface area contributed by atoms with Crippen LogP contribution in [0.15, 0.2) is 28.9 Å². The Morgan fingerprint density at radius 3 is 3.00 bits per heavy atom. The zero-order valence-corrected chi connectivity index (χ0v) is 12.8. The maximum Gasteiger partial charge on any atom is 0.317 e. The van der Waals surface area contributed by atoms with Gasteiger partial charge in [0, 0.05) is 41.8 Å². The molecular weight excluding hydrogens is 324 g/mol. The van der Waals surface area contributed by atoms with Crippen LogP contribution in [0.1, 0.15) is 5.56 Å². The van der Waals surface area contributed by atoms with E-state index in [1.165, 1.54) is 0 Å². The molecule has 0 radical (unpaired) electrons. The standard InChI is InChI=1S/C14H17BrN2O3/c1-20-5-4-17(9-14(18)19)8-10-7-16-13-3-2-11(15)6-12(10)13/h2-3,6-7,16H,4-5,8-9H2,1H3,(H,18,19). The molecule has 0 spiro atoms. The van der Waals surface area contributed by atoms with Gasteiger partial charge < -0.3 is 14.8 Å². The quantitative estimate of drug-likeness (QED) is 0.812. The van der Waals surface area contributed by atoms with E-state index >= 15 is 0 Å². The molecule has 5 nitrogen and oxygen atoms in total. The Kier molecular flexibility index (Phi) is 5.17. The minimum absolute atomic E-state index is 0.00400. The van der Waals surface area contributed by atoms with Crippen molar-refractivity contribution in [3.05, 3.63) is 34.4 Å². The summed E-state index contributed by atoms with van der Waals surface area (Å²) in [5.41, 5.74) is 2.13. The molecule has 0 aliphatic rings. The van der Waals surface area contributed by atoms with E-state index in [9.17, 15) is 4.79 Å². The number of methoxy groups -OCH3 is 1. The summed E-state index contributed by atoms with van der Waals surface area (Å²) in [4.78, 5) is 16.0. The Hall–Kier alpha value is -1.37. The SMILES string of the molecule is COCCN(CC(=O)O)Cc1c[nH]c2ccc(Br)cc12. The molecule has 0 aliphatic carbocycles. The average molecular weight is 341 g/mol. The van der Waals surface area contributed by atoms with E-state index in [0.717, 1.165) is 20.9 Å². The molecule has 1 aromatic heterocycles. The number of fused-ring (bicyclic) bond motifs is 1. The summed E-state index contributed by atoms with van der Waals surface area (Å²) >= 11 is 3.46. The van der Waals surface area contributed by atoms with Gasteiger partial charge in [0.2, 0.25) is 0 Å². The van der Waals surface area contributed by atoms with Gasteiger partial charge in [-0.3, -0.25) is 9.69 Å². The van der Waals surface area contributed by atoms with E-state index in [-0.39, 0.29) is 6.54 Å². The highest BCUT2D eigenvalue weighted by molar-refractivity contribution is 9.10. The van der Waals surface area contributed by atoms with Gasteiger partial charge in [-0.2, -0.15) is 0 Å². The number of carbonyl (C=O) groups is 1. The average Bonchev–Trinajstić information content (AvgIpc) is 2.78. The molecule has 2 aromatic rings. The monoisotopic (exact) mass is 340 g/mol. The van der Waals surface area contributed by atoms with Gasteiger partial charge in [-0.1, -0.05) is 15.9 Å². The van der Waals surface area contributed by atoms with Crippen molar-refractivity contribution in [1.82, 2.24) is 9.88 Å². The summed E-state index contributed by atoms with van der Waals surface area (Å²) < 4.78 is 6.04. The van der Waals surface area contributed by atoms with Crippen molar-refractivity contribution in [2.24, 2.45) is 0 Å². The molecule has 0 unspecified atom stereocenters. The largest absolute Gasteiger partial charge is 0.480 e. The summed E-state index contributed by atoms with van der Waals surface area (Å²) in [7, 11) is 1.61. The molecule has 1 heterocycles. The molecule has 6 heteroatoms. The molecule has 0 saturated heterocycles. The first-order valence-electron chi connectivity index (χ1n) is 6.28. The predicted molar refractivity (Wildman–Crippen MR) is 80.8 cm³/mol. The van der Waals surface area contributed by atoms with Crippen molar-refractivity contribution in [2.75, 3.05) is 26.8 Å². The lowest BCUT2D eigenvalue weighted by atomic mass is 10.1. The van der Waals surface area contributed by atoms with Crippen molar-refractivity contribution in [1.29, 1.82) is 0 Å². The number of ether oxygens (including phenoxy) is 1. The highest BCUT2D eigenvalue weighted by Gasteiger charge is 2.13. The molecule has 108 valence electrons. The second-order valence-corrected chi connectivity index (χ2v) is 5.52. The molecule has 1 aromatic carbocycles. The van der Waals surface area contributed by atoms with E-state index < -0.39 is 5.97 Å². The molecule has 0 saturated carbocycles. The number of nitrogens with one attached hydrogen (secondary N) is 1. The minimum atomic E-state index is -0.831. The maximum absolute atomic E-state index is 10.9. The van der Waals surface area contributed by atoms with Gasteiger partial charge >= 0.3 is 5.97 Å². The van der Waals surface area contributed by atoms with Crippen molar-refractivity contribution < 1.29 is 14.6 Å². The number of aromatic amines is 1. The number of hydrogen-bond acceptors (Lipinski definition) is 3. The molecule has 0 aliphatic heterocycles. The summed E-state index contributed by atoms with van der Waals surface area (Å²) in [5, 5.41) is 10.1. The van der Waals surface area contributed by atoms with E-state index in [4.69, 9.17) is 9.84 Å². The fraction of sp³-hybridized carbons (Fsp3) is 0.357. The third-order valence-electron chi connectivity index (χ3n) is 3.09. The zero-order chi connectivity index (χ0) is 14.5. The molecule has 0 fully saturated rings. The van der Waals surface area contributed by atoms with Crippen LogP contribution < -0.4 is 0 Å². The summed E-state index contributed by atoms with van der Waals surface area (Å²) in [5.74, 6) is -0.831. The normalized spacial score (nSPS) is 11.3. The Morgan fingerprint density at radius 1 is 1.50 bits per heavy atom. The second kappa shape index (κ2) is 6.88. The van der Waals surface area contributed by atoms with Crippen molar-refractivity contribution in [2.45, 2.75) is 6.54 Å². The molecular formula is C14H17BrN2O3. The summed E-state index contributed by atoms with van der Waals surface area (Å²) in [6.45, 7) is 1.68. The van der Waals surface area contributed by atoms with Crippen LogP contribution in [0, 0.1) is 0 Å². The van der Waals surface area contributed by atoms with Crippen molar-refractivity contribution >= 4 is 32.8 Å². The van der Waals surface area contributed by atoms with E-state index in [2.05, 4.69) is 20.9 Å². The zero-order valence-electron chi connectivity index (χ0n) is 11.2. The number of nitrogens with zero attached hydrogens (tertiary/aromatic N) is 1. The Bertz CT molecular complexity index is 597. The van der Waals surface area contributed by atoms with Crippen molar-refractivity contribution in [3.63, 3.8) is 0 Å². The number of aliphatic carboxylic acids is 1. The van der Waals surface area contributed by atoms with Gasteiger partial charge in [0.25, 0.3) is 0 Å². The van der Waals surface area contributed by atoms with Crippen LogP contribution >= 0.6 is 15.9 Å². The number of carboxylic acid groups (broad SMARTS) is 1. The van der Waals surface area contributed by atoms with Gasteiger partial charge in [-0.25, -0.2) is 0 Å². The van der Waals surface area contributed by atoms with Crippen LogP contribution in [0.25, 0.3) is 10.9 Å². The minimum Gasteiger partial charge on any atom is -0.480 e. The van der Waals surface area contributed by atoms with Crippen molar-refractivity contribution in [3.8, 4) is 0 Å². The number of carboxylic acids is 1. The second-order valence-electron chi connectivity index (χ2n) is 4.60. The van der Waals surface area contributed by atoms with E-state index in [1.807, 2.05) is 29.3 Å². The van der Waals surface area contributed by atoms with Crippen LogP contribution in [0.3, 0.4) is 0 Å². The first-order chi connectivity index (χ1) is 9.60. The molecule has 2 rings (SSSR count). The molecule has 20 heavy (non-hydrogen) atoms. The summed E-state index contributed by atoms with van der Waals surface area (Å²) in [6, 6.07) is 6.01. The van der Waals surface area contributed by atoms with Crippen LogP contribution in [-0.4, -0.2) is 47.8 Å². The maximum atomic E-state index is 10.9. The topological polar surface area (TPSA) is 65.6 Å². The molecule has 0 bridgehead atoms. The Morgan fingerprint density at radius 2 is 2.30 bits per heavy atom. The molecule has 0 atom stereocenters. The van der Waals surface area contributed by atoms with Gasteiger partial charge in [0.1, 0.15) is 0 Å². The number of hydrogen-bond donors (Lipinski definition) is 2. The number of rotatable bonds is 7. The first-order valence-corrected chi connectivity index (χ1v) is 7.08. The van der Waals surface area contributed by atoms with Gasteiger partial charge in [0.05, 0.1) is 13.2 Å². The smallest absolute Gasteiger partial charge is 0.317 e. The van der Waals surface area contributed by atoms with Gasteiger partial charge in [-0.15, -0.1) is 0 Å². The third-order valence-corrected chi connectivity index (χ3v) is 3.59. The lowest BCUT2D eigenvalue weighted by Crippen LogP contribution is -2.32. The van der Waals surface area contributed by atoms with Crippen LogP contribution in [0.4, 0.5) is 0 Å². The number of halogens is 1. The molecule has 0 amide bonds. The fourth-order valence-corrected chi connectivity index (χ4v) is 2.51. The first kappa shape index (κ1) is 15.0. The Balaban J connectivity index is 2.18. The van der Waals surface area contributed by atoms with E-state index in [1.54, 1.807) is 7.11 Å². The van der Waals surface area contributed by atoms with Crippen LogP contribution in [0.5, 0.6) is 0 Å².